The second-order valence-corrected chi connectivity index (χ2v) is 7.02. The number of aromatic amines is 1. The Hall–Kier alpha value is -2.98. The summed E-state index contributed by atoms with van der Waals surface area (Å²) < 4.78 is 7.16. The van der Waals surface area contributed by atoms with Crippen molar-refractivity contribution in [1.29, 1.82) is 0 Å². The molecule has 0 spiro atoms. The van der Waals surface area contributed by atoms with Crippen LogP contribution in [0.25, 0.3) is 5.69 Å². The number of hydrogen-bond donors (Lipinski definition) is 3. The average molecular weight is 417 g/mol. The van der Waals surface area contributed by atoms with Gasteiger partial charge in [-0.2, -0.15) is 9.78 Å². The number of H-pyrrole nitrogens is 1. The zero-order valence-corrected chi connectivity index (χ0v) is 16.6. The molecule has 0 atom stereocenters. The highest BCUT2D eigenvalue weighted by Gasteiger charge is 2.31. The van der Waals surface area contributed by atoms with Crippen molar-refractivity contribution in [1.82, 2.24) is 35.7 Å². The lowest BCUT2D eigenvalue weighted by molar-refractivity contribution is 0.102. The summed E-state index contributed by atoms with van der Waals surface area (Å²) in [7, 11) is 1.60. The number of nitrogens with zero attached hydrogens (tertiary/aromatic N) is 5. The Morgan fingerprint density at radius 2 is 2.21 bits per heavy atom. The van der Waals surface area contributed by atoms with E-state index < -0.39 is 0 Å². The van der Waals surface area contributed by atoms with Gasteiger partial charge in [-0.1, -0.05) is 0 Å². The number of tetrazole rings is 1. The van der Waals surface area contributed by atoms with Crippen LogP contribution in [-0.4, -0.2) is 50.0 Å². The van der Waals surface area contributed by atoms with Crippen molar-refractivity contribution < 1.29 is 9.53 Å². The molecule has 5 rings (SSSR count). The van der Waals surface area contributed by atoms with Crippen LogP contribution < -0.4 is 15.4 Å². The summed E-state index contributed by atoms with van der Waals surface area (Å²) in [6, 6.07) is 5.40. The molecule has 3 heterocycles. The van der Waals surface area contributed by atoms with E-state index in [9.17, 15) is 4.79 Å². The van der Waals surface area contributed by atoms with Crippen LogP contribution in [-0.2, 0) is 13.0 Å². The largest absolute Gasteiger partial charge is 0.494 e. The molecule has 2 aromatic heterocycles. The van der Waals surface area contributed by atoms with Crippen LogP contribution in [0.2, 0.25) is 0 Å². The molecule has 1 amide bonds. The van der Waals surface area contributed by atoms with Gasteiger partial charge in [0.2, 0.25) is 0 Å². The summed E-state index contributed by atoms with van der Waals surface area (Å²) >= 11 is 0. The van der Waals surface area contributed by atoms with Crippen LogP contribution >= 0.6 is 12.4 Å². The number of hydrogen-bond acceptors (Lipinski definition) is 7. The molecule has 1 aliphatic carbocycles. The number of benzene rings is 1. The molecule has 152 valence electrons. The number of halogens is 1. The predicted molar refractivity (Wildman–Crippen MR) is 107 cm³/mol. The fraction of sp³-hybridized carbons (Fsp3) is 0.389. The van der Waals surface area contributed by atoms with Gasteiger partial charge in [0.1, 0.15) is 11.4 Å². The Morgan fingerprint density at radius 3 is 3.00 bits per heavy atom. The summed E-state index contributed by atoms with van der Waals surface area (Å²) in [4.78, 5) is 12.8. The Bertz CT molecular complexity index is 1040. The molecule has 0 unspecified atom stereocenters. The van der Waals surface area contributed by atoms with Crippen molar-refractivity contribution in [3.05, 3.63) is 41.0 Å². The minimum absolute atomic E-state index is 0. The number of fused-ring (bicyclic) bond motifs is 1. The second-order valence-electron chi connectivity index (χ2n) is 7.02. The van der Waals surface area contributed by atoms with E-state index >= 15 is 0 Å². The molecule has 10 nitrogen and oxygen atoms in total. The van der Waals surface area contributed by atoms with Crippen LogP contribution in [0.15, 0.2) is 18.2 Å². The minimum Gasteiger partial charge on any atom is -0.494 e. The monoisotopic (exact) mass is 416 g/mol. The molecule has 3 N–H and O–H groups in total. The molecule has 1 aromatic carbocycles. The third kappa shape index (κ3) is 3.56. The van der Waals surface area contributed by atoms with E-state index in [1.807, 2.05) is 6.07 Å². The number of anilines is 1. The van der Waals surface area contributed by atoms with Gasteiger partial charge in [0.15, 0.2) is 11.5 Å². The smallest absolute Gasteiger partial charge is 0.276 e. The number of carbonyl (C=O) groups excluding carboxylic acids is 1. The van der Waals surface area contributed by atoms with E-state index in [0.29, 0.717) is 35.3 Å². The number of ether oxygens (including phenoxy) is 1. The minimum atomic E-state index is -0.253. The Morgan fingerprint density at radius 1 is 1.34 bits per heavy atom. The Balaban J connectivity index is 0.00000205. The molecule has 0 radical (unpaired) electrons. The van der Waals surface area contributed by atoms with Crippen LogP contribution in [0.1, 0.15) is 46.3 Å². The normalized spacial score (nSPS) is 15.3. The van der Waals surface area contributed by atoms with Gasteiger partial charge >= 0.3 is 0 Å². The van der Waals surface area contributed by atoms with E-state index in [-0.39, 0.29) is 18.3 Å². The first-order chi connectivity index (χ1) is 13.7. The quantitative estimate of drug-likeness (QED) is 0.577. The van der Waals surface area contributed by atoms with E-state index in [0.717, 1.165) is 42.9 Å². The summed E-state index contributed by atoms with van der Waals surface area (Å²) in [5.41, 5.74) is 3.67. The van der Waals surface area contributed by atoms with Gasteiger partial charge in [0, 0.05) is 42.4 Å². The van der Waals surface area contributed by atoms with Crippen LogP contribution in [0, 0.1) is 0 Å². The molecule has 3 aromatic rings. The number of aromatic nitrogens is 6. The maximum absolute atomic E-state index is 12.8. The lowest BCUT2D eigenvalue weighted by Gasteiger charge is -2.14. The fourth-order valence-corrected chi connectivity index (χ4v) is 3.50. The fourth-order valence-electron chi connectivity index (χ4n) is 3.50. The van der Waals surface area contributed by atoms with Crippen LogP contribution in [0.5, 0.6) is 5.75 Å². The van der Waals surface area contributed by atoms with Gasteiger partial charge in [-0.15, -0.1) is 17.5 Å². The number of nitrogens with one attached hydrogen (secondary N) is 3. The Kier molecular flexibility index (Phi) is 5.20. The van der Waals surface area contributed by atoms with Gasteiger partial charge in [0.05, 0.1) is 7.11 Å². The first-order valence-electron chi connectivity index (χ1n) is 9.29. The van der Waals surface area contributed by atoms with E-state index in [2.05, 4.69) is 36.4 Å². The molecular formula is C18H21ClN8O2. The van der Waals surface area contributed by atoms with Crippen molar-refractivity contribution in [2.75, 3.05) is 19.0 Å². The summed E-state index contributed by atoms with van der Waals surface area (Å²) in [6.07, 6.45) is 3.00. The zero-order chi connectivity index (χ0) is 19.1. The highest BCUT2D eigenvalue weighted by Crippen LogP contribution is 2.40. The predicted octanol–water partition coefficient (Wildman–Crippen LogP) is 1.59. The van der Waals surface area contributed by atoms with Crippen LogP contribution in [0.3, 0.4) is 0 Å². The van der Waals surface area contributed by atoms with Gasteiger partial charge in [-0.25, -0.2) is 0 Å². The molecule has 29 heavy (non-hydrogen) atoms. The van der Waals surface area contributed by atoms with Gasteiger partial charge in [-0.3, -0.25) is 9.89 Å². The summed E-state index contributed by atoms with van der Waals surface area (Å²) in [5.74, 6) is 1.57. The number of rotatable bonds is 5. The number of carbonyl (C=O) groups is 1. The summed E-state index contributed by atoms with van der Waals surface area (Å²) in [6.45, 7) is 1.52. The topological polar surface area (TPSA) is 123 Å². The standard InChI is InChI=1S/C18H20N8O2.ClH/c1-28-15-5-4-11(8-14(15)26-17(10-2-3-10)23-24-25-26)20-18(27)16-12-9-19-7-6-13(12)21-22-16;/h4-5,8,10,19H,2-3,6-7,9H2,1H3,(H,20,27)(H,21,22);1H. The van der Waals surface area contributed by atoms with Gasteiger partial charge in [-0.05, 0) is 41.5 Å². The van der Waals surface area contributed by atoms with Crippen LogP contribution in [0.4, 0.5) is 5.69 Å². The van der Waals surface area contributed by atoms with Gasteiger partial charge < -0.3 is 15.4 Å². The van der Waals surface area contributed by atoms with E-state index in [1.54, 1.807) is 23.9 Å². The van der Waals surface area contributed by atoms with Crippen molar-refractivity contribution in [3.63, 3.8) is 0 Å². The first kappa shape index (κ1) is 19.3. The van der Waals surface area contributed by atoms with Crippen molar-refractivity contribution in [3.8, 4) is 11.4 Å². The molecule has 11 heteroatoms. The molecule has 0 bridgehead atoms. The maximum atomic E-state index is 12.8. The molecule has 2 aliphatic rings. The van der Waals surface area contributed by atoms with E-state index in [1.165, 1.54) is 0 Å². The summed E-state index contributed by atoms with van der Waals surface area (Å²) in [5, 5.41) is 25.5. The SMILES string of the molecule is COc1ccc(NC(=O)c2n[nH]c3c2CNCC3)cc1-n1nnnc1C1CC1.Cl. The maximum Gasteiger partial charge on any atom is 0.276 e. The third-order valence-corrected chi connectivity index (χ3v) is 5.12. The molecular weight excluding hydrogens is 396 g/mol. The van der Waals surface area contributed by atoms with Crippen molar-refractivity contribution in [2.45, 2.75) is 31.7 Å². The molecule has 1 aliphatic heterocycles. The molecule has 1 saturated carbocycles. The lowest BCUT2D eigenvalue weighted by Crippen LogP contribution is -2.25. The second kappa shape index (κ2) is 7.80. The highest BCUT2D eigenvalue weighted by atomic mass is 35.5. The van der Waals surface area contributed by atoms with Crippen molar-refractivity contribution in [2.24, 2.45) is 0 Å². The molecule has 1 fully saturated rings. The number of amides is 1. The number of methoxy groups -OCH3 is 1. The highest BCUT2D eigenvalue weighted by molar-refractivity contribution is 6.04. The lowest BCUT2D eigenvalue weighted by atomic mass is 10.1. The Labute approximate surface area is 172 Å². The first-order valence-corrected chi connectivity index (χ1v) is 9.29. The average Bonchev–Trinajstić information content (AvgIpc) is 3.28. The molecule has 0 saturated heterocycles. The third-order valence-electron chi connectivity index (χ3n) is 5.12. The van der Waals surface area contributed by atoms with Gasteiger partial charge in [0.25, 0.3) is 5.91 Å². The van der Waals surface area contributed by atoms with Crippen molar-refractivity contribution >= 4 is 24.0 Å². The van der Waals surface area contributed by atoms with E-state index in [4.69, 9.17) is 4.74 Å². The zero-order valence-electron chi connectivity index (χ0n) is 15.8.